The Morgan fingerprint density at radius 3 is 2.49 bits per heavy atom. The molecule has 7 atom stereocenters. The Morgan fingerprint density at radius 1 is 1.10 bits per heavy atom. The SMILES string of the molecule is CC[C@H](C)[C@H](CO)N1C(=O)[C@@H]2[C@H]3C(=O)OCCC/C=C\[C@@]3(C)S[C@@]23C=CCN(c2c(C)cccc2C)C(=O)C13. The van der Waals surface area contributed by atoms with Gasteiger partial charge in [-0.15, -0.1) is 11.8 Å². The van der Waals surface area contributed by atoms with Gasteiger partial charge in [0.25, 0.3) is 5.91 Å². The van der Waals surface area contributed by atoms with Crippen LogP contribution in [0.2, 0.25) is 0 Å². The highest BCUT2D eigenvalue weighted by atomic mass is 32.2. The normalized spacial score (nSPS) is 34.7. The Kier molecular flexibility index (Phi) is 7.48. The van der Waals surface area contributed by atoms with E-state index in [4.69, 9.17) is 4.74 Å². The number of carbonyl (C=O) groups is 3. The molecule has 8 heteroatoms. The van der Waals surface area contributed by atoms with E-state index in [1.165, 1.54) is 0 Å². The van der Waals surface area contributed by atoms with Crippen molar-refractivity contribution in [3.63, 3.8) is 0 Å². The molecule has 7 nitrogen and oxygen atoms in total. The van der Waals surface area contributed by atoms with E-state index in [-0.39, 0.29) is 30.3 Å². The number of carbonyl (C=O) groups excluding carboxylic acids is 3. The molecule has 1 N–H and O–H groups in total. The van der Waals surface area contributed by atoms with Gasteiger partial charge in [0.1, 0.15) is 6.04 Å². The first-order valence-corrected chi connectivity index (χ1v) is 15.0. The van der Waals surface area contributed by atoms with Crippen molar-refractivity contribution >= 4 is 35.2 Å². The van der Waals surface area contributed by atoms with Gasteiger partial charge in [0.05, 0.1) is 35.8 Å². The summed E-state index contributed by atoms with van der Waals surface area (Å²) < 4.78 is 4.03. The van der Waals surface area contributed by atoms with Gasteiger partial charge in [-0.2, -0.15) is 0 Å². The number of nitrogens with zero attached hydrogens (tertiary/aromatic N) is 2. The number of aliphatic hydroxyl groups is 1. The maximum Gasteiger partial charge on any atom is 0.311 e. The smallest absolute Gasteiger partial charge is 0.311 e. The molecule has 0 aliphatic carbocycles. The molecule has 0 saturated carbocycles. The summed E-state index contributed by atoms with van der Waals surface area (Å²) in [6, 6.07) is 4.56. The molecule has 0 radical (unpaired) electrons. The number of allylic oxidation sites excluding steroid dienone is 1. The number of aryl methyl sites for hydroxylation is 2. The lowest BCUT2D eigenvalue weighted by Crippen LogP contribution is -2.58. The summed E-state index contributed by atoms with van der Waals surface area (Å²) in [5.41, 5.74) is 2.81. The third-order valence-electron chi connectivity index (χ3n) is 9.24. The summed E-state index contributed by atoms with van der Waals surface area (Å²) >= 11 is 1.55. The molecular formula is C31H40N2O5S. The average Bonchev–Trinajstić information content (AvgIpc) is 3.25. The lowest BCUT2D eigenvalue weighted by molar-refractivity contribution is -0.154. The molecule has 2 fully saturated rings. The second-order valence-corrected chi connectivity index (χ2v) is 13.5. The number of hydrogen-bond acceptors (Lipinski definition) is 6. The molecule has 210 valence electrons. The largest absolute Gasteiger partial charge is 0.465 e. The lowest BCUT2D eigenvalue weighted by atomic mass is 9.74. The highest BCUT2D eigenvalue weighted by Gasteiger charge is 2.74. The van der Waals surface area contributed by atoms with Crippen LogP contribution in [0.15, 0.2) is 42.5 Å². The molecule has 4 heterocycles. The van der Waals surface area contributed by atoms with Crippen molar-refractivity contribution in [2.24, 2.45) is 17.8 Å². The van der Waals surface area contributed by atoms with E-state index >= 15 is 0 Å². The molecule has 4 aliphatic rings. The van der Waals surface area contributed by atoms with E-state index in [0.717, 1.165) is 36.1 Å². The summed E-state index contributed by atoms with van der Waals surface area (Å²) in [7, 11) is 0. The van der Waals surface area contributed by atoms with Gasteiger partial charge in [0.15, 0.2) is 0 Å². The number of rotatable bonds is 5. The van der Waals surface area contributed by atoms with Crippen LogP contribution < -0.4 is 4.90 Å². The molecule has 1 unspecified atom stereocenters. The molecular weight excluding hydrogens is 512 g/mol. The summed E-state index contributed by atoms with van der Waals surface area (Å²) in [6.07, 6.45) is 10.4. The summed E-state index contributed by atoms with van der Waals surface area (Å²) in [5.74, 6) is -2.34. The van der Waals surface area contributed by atoms with Gasteiger partial charge in [0, 0.05) is 17.0 Å². The number of aliphatic hydroxyl groups excluding tert-OH is 1. The number of cyclic esters (lactones) is 1. The number of hydrogen-bond donors (Lipinski definition) is 1. The first-order chi connectivity index (χ1) is 18.6. The van der Waals surface area contributed by atoms with Gasteiger partial charge < -0.3 is 19.6 Å². The lowest BCUT2D eigenvalue weighted by Gasteiger charge is -2.41. The third kappa shape index (κ3) is 4.26. The predicted molar refractivity (Wildman–Crippen MR) is 153 cm³/mol. The van der Waals surface area contributed by atoms with Crippen LogP contribution in [-0.4, -0.2) is 69.1 Å². The average molecular weight is 553 g/mol. The monoisotopic (exact) mass is 552 g/mol. The quantitative estimate of drug-likeness (QED) is 0.435. The van der Waals surface area contributed by atoms with Crippen LogP contribution in [0.1, 0.15) is 51.2 Å². The molecule has 4 aliphatic heterocycles. The van der Waals surface area contributed by atoms with E-state index in [1.54, 1.807) is 21.6 Å². The van der Waals surface area contributed by atoms with Crippen molar-refractivity contribution in [2.45, 2.75) is 75.5 Å². The van der Waals surface area contributed by atoms with Gasteiger partial charge in [-0.25, -0.2) is 0 Å². The fraction of sp³-hybridized carbons (Fsp3) is 0.581. The molecule has 0 bridgehead atoms. The van der Waals surface area contributed by atoms with Crippen molar-refractivity contribution in [3.8, 4) is 0 Å². The highest BCUT2D eigenvalue weighted by molar-refractivity contribution is 8.02. The fourth-order valence-corrected chi connectivity index (χ4v) is 9.32. The van der Waals surface area contributed by atoms with Gasteiger partial charge in [-0.1, -0.05) is 62.8 Å². The number of thioether (sulfide) groups is 1. The number of para-hydroxylation sites is 1. The summed E-state index contributed by atoms with van der Waals surface area (Å²) in [6.45, 7) is 10.4. The van der Waals surface area contributed by atoms with Gasteiger partial charge in [-0.05, 0) is 50.7 Å². The van der Waals surface area contributed by atoms with Gasteiger partial charge >= 0.3 is 5.97 Å². The minimum Gasteiger partial charge on any atom is -0.465 e. The molecule has 2 saturated heterocycles. The van der Waals surface area contributed by atoms with Gasteiger partial charge in [-0.3, -0.25) is 14.4 Å². The van der Waals surface area contributed by atoms with Crippen molar-refractivity contribution in [1.82, 2.24) is 4.90 Å². The Morgan fingerprint density at radius 2 is 1.82 bits per heavy atom. The minimum absolute atomic E-state index is 0.0349. The Hall–Kier alpha value is -2.58. The highest BCUT2D eigenvalue weighted by Crippen LogP contribution is 2.65. The van der Waals surface area contributed by atoms with Crippen molar-refractivity contribution in [3.05, 3.63) is 53.6 Å². The second-order valence-electron chi connectivity index (χ2n) is 11.7. The number of esters is 1. The topological polar surface area (TPSA) is 87.2 Å². The van der Waals surface area contributed by atoms with E-state index in [2.05, 4.69) is 12.2 Å². The first kappa shape index (κ1) is 28.0. The van der Waals surface area contributed by atoms with Crippen LogP contribution in [0.5, 0.6) is 0 Å². The number of anilines is 1. The van der Waals surface area contributed by atoms with Gasteiger partial charge in [0.2, 0.25) is 5.91 Å². The number of ether oxygens (including phenoxy) is 1. The predicted octanol–water partition coefficient (Wildman–Crippen LogP) is 4.19. The number of amides is 2. The number of likely N-dealkylation sites (tertiary alicyclic amines) is 1. The van der Waals surface area contributed by atoms with Crippen LogP contribution in [0.3, 0.4) is 0 Å². The standard InChI is InChI=1S/C31H40N2O5S/c1-6-19(2)22(18-34)33-26-28(36)32(25-20(3)12-10-13-21(25)4)16-11-15-31(26)23(27(33)35)24-29(37)38-17-9-7-8-14-30(24,5)39-31/h8,10-15,19,22-24,26,34H,6-7,9,16-18H2,1-5H3/b14-8-/t19-,22-,23-,24-,26?,30+,31-/m0/s1. The minimum atomic E-state index is -0.970. The molecule has 1 aromatic carbocycles. The number of fused-ring (bicyclic) bond motifs is 2. The first-order valence-electron chi connectivity index (χ1n) is 14.1. The maximum atomic E-state index is 14.8. The van der Waals surface area contributed by atoms with Crippen LogP contribution in [0.4, 0.5) is 5.69 Å². The van der Waals surface area contributed by atoms with E-state index in [9.17, 15) is 19.5 Å². The maximum absolute atomic E-state index is 14.8. The molecule has 1 spiro atoms. The van der Waals surface area contributed by atoms with Crippen molar-refractivity contribution < 1.29 is 24.2 Å². The van der Waals surface area contributed by atoms with Crippen LogP contribution >= 0.6 is 11.8 Å². The number of benzene rings is 1. The molecule has 0 aromatic heterocycles. The second kappa shape index (κ2) is 10.4. The zero-order chi connectivity index (χ0) is 28.1. The van der Waals surface area contributed by atoms with Crippen LogP contribution in [-0.2, 0) is 19.1 Å². The fourth-order valence-electron chi connectivity index (χ4n) is 7.18. The van der Waals surface area contributed by atoms with E-state index in [0.29, 0.717) is 13.2 Å². The van der Waals surface area contributed by atoms with Crippen LogP contribution in [0.25, 0.3) is 0 Å². The molecule has 39 heavy (non-hydrogen) atoms. The zero-order valence-corrected chi connectivity index (χ0v) is 24.4. The van der Waals surface area contributed by atoms with Crippen molar-refractivity contribution in [1.29, 1.82) is 0 Å². The Labute approximate surface area is 235 Å². The summed E-state index contributed by atoms with van der Waals surface area (Å²) in [4.78, 5) is 46.5. The molecule has 1 aromatic rings. The Bertz CT molecular complexity index is 1210. The summed E-state index contributed by atoms with van der Waals surface area (Å²) in [5, 5.41) is 10.6. The molecule has 5 rings (SSSR count). The van der Waals surface area contributed by atoms with Crippen LogP contribution in [0, 0.1) is 31.6 Å². The van der Waals surface area contributed by atoms with Crippen molar-refractivity contribution in [2.75, 3.05) is 24.7 Å². The van der Waals surface area contributed by atoms with E-state index in [1.807, 2.05) is 65.0 Å². The third-order valence-corrected chi connectivity index (χ3v) is 11.0. The van der Waals surface area contributed by atoms with E-state index < -0.39 is 33.4 Å². The zero-order valence-electron chi connectivity index (χ0n) is 23.6. The Balaban J connectivity index is 1.72. The molecule has 2 amide bonds.